The summed E-state index contributed by atoms with van der Waals surface area (Å²) in [6.45, 7) is 5.88. The third-order valence-corrected chi connectivity index (χ3v) is 6.44. The van der Waals surface area contributed by atoms with Gasteiger partial charge in [-0.2, -0.15) is 0 Å². The molecule has 1 saturated heterocycles. The molecular formula is C23H30ClN3O5. The summed E-state index contributed by atoms with van der Waals surface area (Å²) in [5.41, 5.74) is -1.16. The maximum atomic E-state index is 12.9. The monoisotopic (exact) mass is 463 g/mol. The highest BCUT2D eigenvalue weighted by atomic mass is 35.5. The van der Waals surface area contributed by atoms with Crippen LogP contribution in [0, 0.1) is 0 Å². The smallest absolute Gasteiger partial charge is 0.410 e. The molecule has 0 aromatic heterocycles. The molecular weight excluding hydrogens is 434 g/mol. The van der Waals surface area contributed by atoms with E-state index in [1.165, 1.54) is 4.90 Å². The average molecular weight is 464 g/mol. The zero-order valence-electron chi connectivity index (χ0n) is 18.7. The number of nitrogens with zero attached hydrogens (tertiary/aromatic N) is 1. The number of hydrogen-bond donors (Lipinski definition) is 2. The molecule has 32 heavy (non-hydrogen) atoms. The van der Waals surface area contributed by atoms with Crippen LogP contribution in [-0.2, 0) is 14.3 Å². The number of carbonyl (C=O) groups excluding carboxylic acids is 3. The zero-order chi connectivity index (χ0) is 23.1. The van der Waals surface area contributed by atoms with Gasteiger partial charge in [-0.05, 0) is 77.1 Å². The maximum Gasteiger partial charge on any atom is 0.410 e. The van der Waals surface area contributed by atoms with Gasteiger partial charge in [0.1, 0.15) is 17.4 Å². The maximum absolute atomic E-state index is 12.9. The summed E-state index contributed by atoms with van der Waals surface area (Å²) < 4.78 is 10.9. The lowest BCUT2D eigenvalue weighted by Gasteiger charge is -2.70. The summed E-state index contributed by atoms with van der Waals surface area (Å²) in [6.07, 6.45) is 3.03. The van der Waals surface area contributed by atoms with Crippen molar-refractivity contribution >= 4 is 29.5 Å². The number of likely N-dealkylation sites (tertiary alicyclic amines) is 1. The van der Waals surface area contributed by atoms with Crippen LogP contribution in [0.5, 0.6) is 5.75 Å². The summed E-state index contributed by atoms with van der Waals surface area (Å²) >= 11 is 5.84. The minimum Gasteiger partial charge on any atom is -0.484 e. The van der Waals surface area contributed by atoms with E-state index in [4.69, 9.17) is 21.1 Å². The molecule has 1 unspecified atom stereocenters. The van der Waals surface area contributed by atoms with E-state index in [-0.39, 0.29) is 29.5 Å². The van der Waals surface area contributed by atoms with Crippen molar-refractivity contribution in [2.24, 2.45) is 0 Å². The van der Waals surface area contributed by atoms with E-state index < -0.39 is 17.7 Å². The molecule has 9 heteroatoms. The standard InChI is InChI=1S/C23H30ClN3O5/c1-21(2,3)32-20(30)27-10-4-5-17(27)19(29)26-23-12-22(13-23,14-23)25-18(28)11-31-16-8-6-15(24)7-9-16/h6-9,17H,4-5,10-14H2,1-3H3,(H,25,28)(H,26,29). The van der Waals surface area contributed by atoms with Crippen LogP contribution in [0.3, 0.4) is 0 Å². The molecule has 8 nitrogen and oxygen atoms in total. The van der Waals surface area contributed by atoms with Gasteiger partial charge in [-0.25, -0.2) is 4.79 Å². The van der Waals surface area contributed by atoms with Crippen molar-refractivity contribution in [1.29, 1.82) is 0 Å². The van der Waals surface area contributed by atoms with Crippen LogP contribution in [0.4, 0.5) is 4.79 Å². The second-order valence-corrected chi connectivity index (χ2v) is 10.6. The van der Waals surface area contributed by atoms with Crippen LogP contribution in [-0.4, -0.2) is 58.7 Å². The summed E-state index contributed by atoms with van der Waals surface area (Å²) in [6, 6.07) is 6.33. The molecule has 1 aromatic carbocycles. The molecule has 4 aliphatic rings. The number of amides is 3. The zero-order valence-corrected chi connectivity index (χ0v) is 19.5. The molecule has 5 rings (SSSR count). The van der Waals surface area contributed by atoms with Crippen molar-refractivity contribution in [2.45, 2.75) is 75.6 Å². The Hall–Kier alpha value is -2.48. The Balaban J connectivity index is 1.22. The molecule has 3 amide bonds. The van der Waals surface area contributed by atoms with Crippen molar-refractivity contribution < 1.29 is 23.9 Å². The van der Waals surface area contributed by atoms with Gasteiger partial charge >= 0.3 is 6.09 Å². The fourth-order valence-electron chi connectivity index (χ4n) is 4.99. The highest BCUT2D eigenvalue weighted by Gasteiger charge is 2.69. The number of hydrogen-bond acceptors (Lipinski definition) is 5. The lowest BCUT2D eigenvalue weighted by atomic mass is 9.44. The highest BCUT2D eigenvalue weighted by Crippen LogP contribution is 2.60. The predicted molar refractivity (Wildman–Crippen MR) is 119 cm³/mol. The quantitative estimate of drug-likeness (QED) is 0.675. The summed E-state index contributed by atoms with van der Waals surface area (Å²) in [4.78, 5) is 39.1. The van der Waals surface area contributed by atoms with E-state index in [0.29, 0.717) is 43.0 Å². The van der Waals surface area contributed by atoms with Gasteiger partial charge in [-0.15, -0.1) is 0 Å². The first-order valence-corrected chi connectivity index (χ1v) is 11.4. The van der Waals surface area contributed by atoms with E-state index in [9.17, 15) is 14.4 Å². The number of rotatable bonds is 6. The van der Waals surface area contributed by atoms with Crippen LogP contribution < -0.4 is 15.4 Å². The van der Waals surface area contributed by atoms with Crippen molar-refractivity contribution in [3.05, 3.63) is 29.3 Å². The van der Waals surface area contributed by atoms with E-state index in [0.717, 1.165) is 6.42 Å². The largest absolute Gasteiger partial charge is 0.484 e. The number of carbonyl (C=O) groups is 3. The van der Waals surface area contributed by atoms with Crippen molar-refractivity contribution in [1.82, 2.24) is 15.5 Å². The van der Waals surface area contributed by atoms with Gasteiger partial charge in [-0.1, -0.05) is 11.6 Å². The van der Waals surface area contributed by atoms with E-state index >= 15 is 0 Å². The minimum absolute atomic E-state index is 0.0737. The average Bonchev–Trinajstić information content (AvgIpc) is 3.13. The fraction of sp³-hybridized carbons (Fsp3) is 0.609. The molecule has 3 saturated carbocycles. The van der Waals surface area contributed by atoms with Crippen LogP contribution in [0.25, 0.3) is 0 Å². The number of ether oxygens (including phenoxy) is 2. The van der Waals surface area contributed by atoms with Gasteiger partial charge in [0.15, 0.2) is 6.61 Å². The molecule has 174 valence electrons. The van der Waals surface area contributed by atoms with Crippen molar-refractivity contribution in [2.75, 3.05) is 13.2 Å². The van der Waals surface area contributed by atoms with Crippen LogP contribution >= 0.6 is 11.6 Å². The Kier molecular flexibility index (Phi) is 5.77. The van der Waals surface area contributed by atoms with Crippen LogP contribution in [0.15, 0.2) is 24.3 Å². The first kappa shape index (κ1) is 22.7. The van der Waals surface area contributed by atoms with Gasteiger partial charge < -0.3 is 20.1 Å². The van der Waals surface area contributed by atoms with E-state index in [1.807, 2.05) is 20.8 Å². The number of benzene rings is 1. The summed E-state index contributed by atoms with van der Waals surface area (Å²) in [7, 11) is 0. The van der Waals surface area contributed by atoms with Crippen LogP contribution in [0.2, 0.25) is 5.02 Å². The van der Waals surface area contributed by atoms with Gasteiger partial charge in [0.05, 0.1) is 0 Å². The molecule has 4 fully saturated rings. The van der Waals surface area contributed by atoms with Crippen molar-refractivity contribution in [3.63, 3.8) is 0 Å². The molecule has 0 radical (unpaired) electrons. The second-order valence-electron chi connectivity index (χ2n) is 10.2. The van der Waals surface area contributed by atoms with Gasteiger partial charge in [0.25, 0.3) is 5.91 Å². The summed E-state index contributed by atoms with van der Waals surface area (Å²) in [5.74, 6) is 0.252. The molecule has 1 heterocycles. The first-order valence-electron chi connectivity index (χ1n) is 11.0. The Bertz CT molecular complexity index is 891. The molecule has 1 atom stereocenters. The van der Waals surface area contributed by atoms with E-state index in [2.05, 4.69) is 10.6 Å². The SMILES string of the molecule is CC(C)(C)OC(=O)N1CCCC1C(=O)NC12CC(NC(=O)COc3ccc(Cl)cc3)(C1)C2. The Labute approximate surface area is 192 Å². The highest BCUT2D eigenvalue weighted by molar-refractivity contribution is 6.30. The Morgan fingerprint density at radius 1 is 1.09 bits per heavy atom. The van der Waals surface area contributed by atoms with Gasteiger partial charge in [0, 0.05) is 22.6 Å². The van der Waals surface area contributed by atoms with E-state index in [1.54, 1.807) is 24.3 Å². The Morgan fingerprint density at radius 3 is 2.34 bits per heavy atom. The lowest BCUT2D eigenvalue weighted by molar-refractivity contribution is -0.152. The normalized spacial score (nSPS) is 28.2. The first-order chi connectivity index (χ1) is 15.0. The van der Waals surface area contributed by atoms with Crippen molar-refractivity contribution in [3.8, 4) is 5.75 Å². The van der Waals surface area contributed by atoms with Gasteiger partial charge in [-0.3, -0.25) is 14.5 Å². The lowest BCUT2D eigenvalue weighted by Crippen LogP contribution is -2.84. The second kappa shape index (κ2) is 8.14. The molecule has 1 aliphatic heterocycles. The minimum atomic E-state index is -0.601. The molecule has 2 N–H and O–H groups in total. The third-order valence-electron chi connectivity index (χ3n) is 6.19. The third kappa shape index (κ3) is 4.80. The molecule has 1 aromatic rings. The van der Waals surface area contributed by atoms with Crippen LogP contribution in [0.1, 0.15) is 52.9 Å². The molecule has 3 aliphatic carbocycles. The molecule has 0 spiro atoms. The summed E-state index contributed by atoms with van der Waals surface area (Å²) in [5, 5.41) is 6.77. The predicted octanol–water partition coefficient (Wildman–Crippen LogP) is 3.03. The number of halogens is 1. The molecule has 2 bridgehead atoms. The topological polar surface area (TPSA) is 97.0 Å². The number of nitrogens with one attached hydrogen (secondary N) is 2. The fourth-order valence-corrected chi connectivity index (χ4v) is 5.11. The Morgan fingerprint density at radius 2 is 1.72 bits per heavy atom. The van der Waals surface area contributed by atoms with Gasteiger partial charge in [0.2, 0.25) is 5.91 Å².